The molecule has 6 nitrogen and oxygen atoms in total. The largest absolute Gasteiger partial charge is 0.352 e. The number of pyridine rings is 1. The second kappa shape index (κ2) is 6.81. The average Bonchev–Trinajstić information content (AvgIpc) is 3.05. The van der Waals surface area contributed by atoms with Crippen LogP contribution in [-0.2, 0) is 19.4 Å². The molecule has 1 atom stereocenters. The summed E-state index contributed by atoms with van der Waals surface area (Å²) < 4.78 is 1.97. The van der Waals surface area contributed by atoms with Crippen LogP contribution in [0.4, 0.5) is 0 Å². The van der Waals surface area contributed by atoms with E-state index in [0.29, 0.717) is 6.54 Å². The Kier molecular flexibility index (Phi) is 4.60. The molecule has 2 N–H and O–H groups in total. The minimum absolute atomic E-state index is 0.223. The van der Waals surface area contributed by atoms with Crippen molar-refractivity contribution in [2.45, 2.75) is 39.2 Å². The molecule has 0 fully saturated rings. The van der Waals surface area contributed by atoms with Gasteiger partial charge in [-0.3, -0.25) is 9.59 Å². The first-order chi connectivity index (χ1) is 11.1. The number of H-pyrrole nitrogens is 1. The van der Waals surface area contributed by atoms with Crippen molar-refractivity contribution in [1.29, 1.82) is 0 Å². The average molecular weight is 314 g/mol. The molecule has 1 aliphatic carbocycles. The summed E-state index contributed by atoms with van der Waals surface area (Å²) in [5, 5.41) is 2.87. The van der Waals surface area contributed by atoms with Crippen molar-refractivity contribution < 1.29 is 4.79 Å². The minimum Gasteiger partial charge on any atom is -0.352 e. The van der Waals surface area contributed by atoms with Crippen LogP contribution in [0.5, 0.6) is 0 Å². The van der Waals surface area contributed by atoms with Gasteiger partial charge in [-0.1, -0.05) is 6.92 Å². The van der Waals surface area contributed by atoms with Crippen LogP contribution in [0, 0.1) is 5.92 Å². The Labute approximate surface area is 134 Å². The normalized spacial score (nSPS) is 15.0. The Hall–Kier alpha value is -2.37. The molecule has 2 aromatic rings. The predicted octanol–water partition coefficient (Wildman–Crippen LogP) is 1.52. The summed E-state index contributed by atoms with van der Waals surface area (Å²) in [7, 11) is 0. The van der Waals surface area contributed by atoms with Crippen LogP contribution < -0.4 is 10.9 Å². The van der Waals surface area contributed by atoms with Gasteiger partial charge in [-0.15, -0.1) is 0 Å². The van der Waals surface area contributed by atoms with Crippen molar-refractivity contribution in [1.82, 2.24) is 19.9 Å². The predicted molar refractivity (Wildman–Crippen MR) is 87.4 cm³/mol. The summed E-state index contributed by atoms with van der Waals surface area (Å²) in [6.07, 6.45) is 9.43. The highest BCUT2D eigenvalue weighted by Gasteiger charge is 2.17. The third-order valence-electron chi connectivity index (χ3n) is 4.28. The Morgan fingerprint density at radius 1 is 1.43 bits per heavy atom. The molecule has 1 aliphatic rings. The molecule has 2 heterocycles. The van der Waals surface area contributed by atoms with Crippen molar-refractivity contribution in [3.63, 3.8) is 0 Å². The second-order valence-electron chi connectivity index (χ2n) is 6.30. The van der Waals surface area contributed by atoms with Crippen LogP contribution in [0.3, 0.4) is 0 Å². The van der Waals surface area contributed by atoms with Gasteiger partial charge in [0, 0.05) is 31.2 Å². The molecule has 0 saturated heterocycles. The van der Waals surface area contributed by atoms with E-state index in [2.05, 4.69) is 22.2 Å². The molecule has 1 unspecified atom stereocenters. The summed E-state index contributed by atoms with van der Waals surface area (Å²) in [5.74, 6) is -0.0398. The smallest absolute Gasteiger partial charge is 0.261 e. The summed E-state index contributed by atoms with van der Waals surface area (Å²) in [6, 6.07) is 1.77. The van der Waals surface area contributed by atoms with E-state index in [-0.39, 0.29) is 22.9 Å². The van der Waals surface area contributed by atoms with Crippen molar-refractivity contribution in [2.75, 3.05) is 6.54 Å². The lowest BCUT2D eigenvalue weighted by atomic mass is 9.95. The van der Waals surface area contributed by atoms with Crippen molar-refractivity contribution >= 4 is 5.91 Å². The number of aromatic amines is 1. The Bertz CT molecular complexity index is 734. The van der Waals surface area contributed by atoms with E-state index in [9.17, 15) is 9.59 Å². The number of rotatable bonds is 5. The molecule has 0 saturated carbocycles. The van der Waals surface area contributed by atoms with Gasteiger partial charge >= 0.3 is 0 Å². The fourth-order valence-corrected chi connectivity index (χ4v) is 3.02. The molecule has 0 radical (unpaired) electrons. The van der Waals surface area contributed by atoms with Crippen LogP contribution >= 0.6 is 0 Å². The van der Waals surface area contributed by atoms with Crippen molar-refractivity contribution in [2.24, 2.45) is 5.92 Å². The number of carbonyl (C=O) groups is 1. The highest BCUT2D eigenvalue weighted by Crippen LogP contribution is 2.18. The number of carbonyl (C=O) groups excluding carboxylic acids is 1. The summed E-state index contributed by atoms with van der Waals surface area (Å²) in [4.78, 5) is 31.3. The number of aromatic nitrogens is 3. The van der Waals surface area contributed by atoms with Crippen LogP contribution in [-0.4, -0.2) is 27.0 Å². The van der Waals surface area contributed by atoms with E-state index < -0.39 is 0 Å². The molecular weight excluding hydrogens is 292 g/mol. The first-order valence-electron chi connectivity index (χ1n) is 8.12. The van der Waals surface area contributed by atoms with Gasteiger partial charge in [0.15, 0.2) is 0 Å². The van der Waals surface area contributed by atoms with E-state index in [1.54, 1.807) is 18.6 Å². The van der Waals surface area contributed by atoms with E-state index in [0.717, 1.165) is 43.5 Å². The number of imidazole rings is 1. The molecule has 1 amide bonds. The van der Waals surface area contributed by atoms with Crippen molar-refractivity contribution in [3.05, 3.63) is 52.0 Å². The molecule has 0 bridgehead atoms. The van der Waals surface area contributed by atoms with E-state index >= 15 is 0 Å². The zero-order valence-electron chi connectivity index (χ0n) is 13.3. The van der Waals surface area contributed by atoms with E-state index in [1.165, 1.54) is 0 Å². The van der Waals surface area contributed by atoms with E-state index in [1.807, 2.05) is 10.8 Å². The van der Waals surface area contributed by atoms with Gasteiger partial charge in [-0.05, 0) is 43.2 Å². The van der Waals surface area contributed by atoms with Crippen LogP contribution in [0.2, 0.25) is 0 Å². The Morgan fingerprint density at radius 3 is 3.04 bits per heavy atom. The van der Waals surface area contributed by atoms with Crippen molar-refractivity contribution in [3.8, 4) is 0 Å². The number of nitrogens with zero attached hydrogens (tertiary/aromatic N) is 2. The minimum atomic E-state index is -0.294. The molecule has 23 heavy (non-hydrogen) atoms. The lowest BCUT2D eigenvalue weighted by Crippen LogP contribution is -2.34. The Morgan fingerprint density at radius 2 is 2.26 bits per heavy atom. The molecule has 2 aromatic heterocycles. The molecule has 0 spiro atoms. The molecule has 3 rings (SSSR count). The van der Waals surface area contributed by atoms with Gasteiger partial charge in [0.05, 0.1) is 6.33 Å². The van der Waals surface area contributed by atoms with Gasteiger partial charge in [0.1, 0.15) is 5.56 Å². The third-order valence-corrected chi connectivity index (χ3v) is 4.28. The molecule has 0 aromatic carbocycles. The van der Waals surface area contributed by atoms with Crippen LogP contribution in [0.15, 0.2) is 29.6 Å². The van der Waals surface area contributed by atoms with Crippen LogP contribution in [0.25, 0.3) is 0 Å². The molecule has 6 heteroatoms. The summed E-state index contributed by atoms with van der Waals surface area (Å²) in [6.45, 7) is 3.35. The van der Waals surface area contributed by atoms with Gasteiger partial charge in [-0.2, -0.15) is 0 Å². The topological polar surface area (TPSA) is 79.8 Å². The number of amides is 1. The number of aryl methyl sites for hydroxylation is 2. The summed E-state index contributed by atoms with van der Waals surface area (Å²) in [5.41, 5.74) is 2.03. The fourth-order valence-electron chi connectivity index (χ4n) is 3.02. The maximum atomic E-state index is 12.3. The third kappa shape index (κ3) is 3.70. The SMILES string of the molecule is CC(CNC(=O)c1cc2c([nH]c1=O)CCCC2)Cn1ccnc1. The molecule has 0 aliphatic heterocycles. The lowest BCUT2D eigenvalue weighted by Gasteiger charge is -2.17. The lowest BCUT2D eigenvalue weighted by molar-refractivity contribution is 0.0945. The highest BCUT2D eigenvalue weighted by molar-refractivity contribution is 5.94. The van der Waals surface area contributed by atoms with Gasteiger partial charge in [0.25, 0.3) is 11.5 Å². The number of nitrogens with one attached hydrogen (secondary N) is 2. The van der Waals surface area contributed by atoms with E-state index in [4.69, 9.17) is 0 Å². The van der Waals surface area contributed by atoms with Gasteiger partial charge in [-0.25, -0.2) is 4.98 Å². The van der Waals surface area contributed by atoms with Gasteiger partial charge in [0.2, 0.25) is 0 Å². The maximum absolute atomic E-state index is 12.3. The molecule has 122 valence electrons. The zero-order chi connectivity index (χ0) is 16.2. The number of hydrogen-bond acceptors (Lipinski definition) is 3. The Balaban J connectivity index is 1.63. The first-order valence-corrected chi connectivity index (χ1v) is 8.12. The second-order valence-corrected chi connectivity index (χ2v) is 6.30. The summed E-state index contributed by atoms with van der Waals surface area (Å²) >= 11 is 0. The standard InChI is InChI=1S/C17H22N4O2/c1-12(10-21-7-6-18-11-21)9-19-16(22)14-8-13-4-2-3-5-15(13)20-17(14)23/h6-8,11-12H,2-5,9-10H2,1H3,(H,19,22)(H,20,23). The zero-order valence-corrected chi connectivity index (χ0v) is 13.3. The number of fused-ring (bicyclic) bond motifs is 1. The van der Waals surface area contributed by atoms with Gasteiger partial charge < -0.3 is 14.9 Å². The maximum Gasteiger partial charge on any atom is 0.261 e. The quantitative estimate of drug-likeness (QED) is 0.878. The highest BCUT2D eigenvalue weighted by atomic mass is 16.2. The fraction of sp³-hybridized carbons (Fsp3) is 0.471. The number of hydrogen-bond donors (Lipinski definition) is 2. The first kappa shape index (κ1) is 15.5. The van der Waals surface area contributed by atoms with Crippen LogP contribution in [0.1, 0.15) is 41.4 Å². The molecular formula is C17H22N4O2. The monoisotopic (exact) mass is 314 g/mol.